The van der Waals surface area contributed by atoms with Crippen molar-refractivity contribution in [2.24, 2.45) is 0 Å². The van der Waals surface area contributed by atoms with Crippen molar-refractivity contribution >= 4 is 35.5 Å². The number of fused-ring (bicyclic) bond motifs is 1. The highest BCUT2D eigenvalue weighted by Crippen LogP contribution is 2.47. The van der Waals surface area contributed by atoms with E-state index in [1.165, 1.54) is 7.05 Å². The van der Waals surface area contributed by atoms with Gasteiger partial charge in [0.25, 0.3) is 5.91 Å². The van der Waals surface area contributed by atoms with Crippen LogP contribution in [0.1, 0.15) is 19.8 Å². The van der Waals surface area contributed by atoms with Crippen molar-refractivity contribution in [1.82, 2.24) is 15.5 Å². The average Bonchev–Trinajstić information content (AvgIpc) is 2.99. The smallest absolute Gasteiger partial charge is 0.330 e. The molecule has 22 heavy (non-hydrogen) atoms. The maximum Gasteiger partial charge on any atom is 0.330 e. The van der Waals surface area contributed by atoms with Gasteiger partial charge in [-0.15, -0.1) is 11.8 Å². The Bertz CT molecular complexity index is 512. The minimum Gasteiger partial charge on any atom is -0.454 e. The predicted molar refractivity (Wildman–Crippen MR) is 78.8 cm³/mol. The first-order chi connectivity index (χ1) is 10.4. The number of likely N-dealkylation sites (N-methyl/N-ethyl adjacent to an activating group) is 1. The van der Waals surface area contributed by atoms with Crippen LogP contribution in [0.3, 0.4) is 0 Å². The molecule has 2 aliphatic rings. The molecule has 8 nitrogen and oxygen atoms in total. The third-order valence-electron chi connectivity index (χ3n) is 3.79. The number of rotatable bonds is 5. The standard InChI is InChI=1S/C13H19N3O5S/c1-13-4-3-11(19)16(13)8(7-22-13)12(20)21-6-10(18)15-5-9(17)14-2/h8H,3-7H2,1-2H3,(H,14,17)(H,15,18)/t8-,13+/m1/s1. The van der Waals surface area contributed by atoms with Crippen LogP contribution in [0, 0.1) is 0 Å². The van der Waals surface area contributed by atoms with Crippen LogP contribution >= 0.6 is 11.8 Å². The molecule has 0 saturated carbocycles. The van der Waals surface area contributed by atoms with E-state index in [1.54, 1.807) is 16.7 Å². The summed E-state index contributed by atoms with van der Waals surface area (Å²) in [6, 6.07) is -0.642. The number of esters is 1. The first kappa shape index (κ1) is 16.6. The van der Waals surface area contributed by atoms with Gasteiger partial charge in [0.1, 0.15) is 6.04 Å². The van der Waals surface area contributed by atoms with E-state index < -0.39 is 24.5 Å². The summed E-state index contributed by atoms with van der Waals surface area (Å²) in [7, 11) is 1.45. The molecule has 0 aliphatic carbocycles. The monoisotopic (exact) mass is 329 g/mol. The van der Waals surface area contributed by atoms with Crippen LogP contribution < -0.4 is 10.6 Å². The molecule has 0 bridgehead atoms. The fourth-order valence-electron chi connectivity index (χ4n) is 2.55. The van der Waals surface area contributed by atoms with E-state index in [-0.39, 0.29) is 23.2 Å². The molecular formula is C13H19N3O5S. The largest absolute Gasteiger partial charge is 0.454 e. The van der Waals surface area contributed by atoms with Crippen LogP contribution in [-0.4, -0.2) is 65.5 Å². The molecule has 0 aromatic rings. The highest BCUT2D eigenvalue weighted by molar-refractivity contribution is 8.01. The van der Waals surface area contributed by atoms with Gasteiger partial charge in [-0.2, -0.15) is 0 Å². The summed E-state index contributed by atoms with van der Waals surface area (Å²) >= 11 is 1.56. The molecule has 0 radical (unpaired) electrons. The first-order valence-electron chi connectivity index (χ1n) is 6.97. The van der Waals surface area contributed by atoms with E-state index in [1.807, 2.05) is 6.92 Å². The average molecular weight is 329 g/mol. The second kappa shape index (κ2) is 6.55. The van der Waals surface area contributed by atoms with E-state index in [4.69, 9.17) is 4.74 Å². The van der Waals surface area contributed by atoms with Crippen LogP contribution in [0.4, 0.5) is 0 Å². The molecule has 2 saturated heterocycles. The van der Waals surface area contributed by atoms with Gasteiger partial charge in [0, 0.05) is 19.2 Å². The summed E-state index contributed by atoms with van der Waals surface area (Å²) in [5, 5.41) is 4.68. The second-order valence-electron chi connectivity index (χ2n) is 5.32. The van der Waals surface area contributed by atoms with Crippen molar-refractivity contribution in [3.63, 3.8) is 0 Å². The van der Waals surface area contributed by atoms with Crippen molar-refractivity contribution in [2.75, 3.05) is 26.0 Å². The third kappa shape index (κ3) is 3.34. The topological polar surface area (TPSA) is 105 Å². The Morgan fingerprint density at radius 2 is 2.14 bits per heavy atom. The molecule has 9 heteroatoms. The van der Waals surface area contributed by atoms with Gasteiger partial charge in [0.05, 0.1) is 11.4 Å². The highest BCUT2D eigenvalue weighted by Gasteiger charge is 2.53. The molecule has 0 unspecified atom stereocenters. The quantitative estimate of drug-likeness (QED) is 0.617. The predicted octanol–water partition coefficient (Wildman–Crippen LogP) is -1.15. The Morgan fingerprint density at radius 1 is 1.41 bits per heavy atom. The van der Waals surface area contributed by atoms with E-state index in [0.717, 1.165) is 0 Å². The summed E-state index contributed by atoms with van der Waals surface area (Å²) in [5.41, 5.74) is 0. The molecule has 122 valence electrons. The Balaban J connectivity index is 1.82. The van der Waals surface area contributed by atoms with Crippen molar-refractivity contribution in [3.8, 4) is 0 Å². The maximum absolute atomic E-state index is 12.1. The Hall–Kier alpha value is -1.77. The SMILES string of the molecule is CNC(=O)CNC(=O)COC(=O)[C@H]1CS[C@@]2(C)CCC(=O)N12. The molecule has 2 heterocycles. The maximum atomic E-state index is 12.1. The molecule has 2 aliphatic heterocycles. The van der Waals surface area contributed by atoms with Gasteiger partial charge in [-0.1, -0.05) is 0 Å². The van der Waals surface area contributed by atoms with E-state index in [2.05, 4.69) is 10.6 Å². The Labute approximate surface area is 132 Å². The van der Waals surface area contributed by atoms with Crippen LogP contribution in [0.25, 0.3) is 0 Å². The Kier molecular flexibility index (Phi) is 4.94. The van der Waals surface area contributed by atoms with Crippen molar-refractivity contribution in [2.45, 2.75) is 30.7 Å². The van der Waals surface area contributed by atoms with Crippen molar-refractivity contribution in [3.05, 3.63) is 0 Å². The minimum atomic E-state index is -0.642. The molecule has 2 N–H and O–H groups in total. The Morgan fingerprint density at radius 3 is 2.82 bits per heavy atom. The summed E-state index contributed by atoms with van der Waals surface area (Å²) in [6.07, 6.45) is 1.15. The van der Waals surface area contributed by atoms with E-state index >= 15 is 0 Å². The number of nitrogens with one attached hydrogen (secondary N) is 2. The number of amides is 3. The molecule has 3 amide bonds. The van der Waals surface area contributed by atoms with Gasteiger partial charge < -0.3 is 20.3 Å². The second-order valence-corrected chi connectivity index (χ2v) is 6.82. The lowest BCUT2D eigenvalue weighted by Crippen LogP contribution is -2.47. The summed E-state index contributed by atoms with van der Waals surface area (Å²) in [4.78, 5) is 47.7. The fraction of sp³-hybridized carbons (Fsp3) is 0.692. The molecular weight excluding hydrogens is 310 g/mol. The normalized spacial score (nSPS) is 26.5. The minimum absolute atomic E-state index is 0.0569. The molecule has 2 rings (SSSR count). The van der Waals surface area contributed by atoms with Gasteiger partial charge >= 0.3 is 5.97 Å². The van der Waals surface area contributed by atoms with Gasteiger partial charge in [0.2, 0.25) is 11.8 Å². The number of ether oxygens (including phenoxy) is 1. The van der Waals surface area contributed by atoms with Gasteiger partial charge in [-0.05, 0) is 13.3 Å². The zero-order valence-electron chi connectivity index (χ0n) is 12.5. The van der Waals surface area contributed by atoms with Crippen LogP contribution in [-0.2, 0) is 23.9 Å². The molecule has 0 aromatic carbocycles. The van der Waals surface area contributed by atoms with Crippen molar-refractivity contribution in [1.29, 1.82) is 0 Å². The lowest BCUT2D eigenvalue weighted by atomic mass is 10.2. The lowest BCUT2D eigenvalue weighted by molar-refractivity contribution is -0.156. The van der Waals surface area contributed by atoms with Crippen LogP contribution in [0.15, 0.2) is 0 Å². The number of carbonyl (C=O) groups excluding carboxylic acids is 4. The summed E-state index contributed by atoms with van der Waals surface area (Å²) in [5.74, 6) is -1.07. The van der Waals surface area contributed by atoms with E-state index in [9.17, 15) is 19.2 Å². The van der Waals surface area contributed by atoms with Crippen molar-refractivity contribution < 1.29 is 23.9 Å². The lowest BCUT2D eigenvalue weighted by Gasteiger charge is -2.29. The van der Waals surface area contributed by atoms with Crippen LogP contribution in [0.5, 0.6) is 0 Å². The molecule has 0 aromatic heterocycles. The summed E-state index contributed by atoms with van der Waals surface area (Å²) in [6.45, 7) is 1.30. The zero-order chi connectivity index (χ0) is 16.3. The number of nitrogens with zero attached hydrogens (tertiary/aromatic N) is 1. The van der Waals surface area contributed by atoms with Gasteiger partial charge in [0.15, 0.2) is 6.61 Å². The molecule has 2 fully saturated rings. The number of thioether (sulfide) groups is 1. The first-order valence-corrected chi connectivity index (χ1v) is 7.96. The third-order valence-corrected chi connectivity index (χ3v) is 5.29. The molecule has 0 spiro atoms. The van der Waals surface area contributed by atoms with Crippen LogP contribution in [0.2, 0.25) is 0 Å². The highest BCUT2D eigenvalue weighted by atomic mass is 32.2. The fourth-order valence-corrected chi connectivity index (χ4v) is 3.96. The number of hydrogen-bond donors (Lipinski definition) is 2. The zero-order valence-corrected chi connectivity index (χ0v) is 13.3. The van der Waals surface area contributed by atoms with E-state index in [0.29, 0.717) is 18.6 Å². The molecule has 2 atom stereocenters. The summed E-state index contributed by atoms with van der Waals surface area (Å²) < 4.78 is 4.97. The number of hydrogen-bond acceptors (Lipinski definition) is 6. The van der Waals surface area contributed by atoms with Gasteiger partial charge in [-0.3, -0.25) is 14.4 Å². The van der Waals surface area contributed by atoms with Gasteiger partial charge in [-0.25, -0.2) is 4.79 Å². The number of carbonyl (C=O) groups is 4.